The average molecular weight is 392 g/mol. The van der Waals surface area contributed by atoms with E-state index >= 15 is 0 Å². The van der Waals surface area contributed by atoms with Crippen LogP contribution in [0.2, 0.25) is 0 Å². The lowest BCUT2D eigenvalue weighted by atomic mass is 10.2. The number of nitrogen functional groups attached to an aromatic ring is 1. The van der Waals surface area contributed by atoms with Gasteiger partial charge < -0.3 is 35.2 Å². The largest absolute Gasteiger partial charge is 0.487 e. The predicted molar refractivity (Wildman–Crippen MR) is 99.9 cm³/mol. The first-order valence-electron chi connectivity index (χ1n) is 8.92. The van der Waals surface area contributed by atoms with Crippen LogP contribution in [0.25, 0.3) is 5.69 Å². The molecular formula is C18H24N4O6. The predicted octanol–water partition coefficient (Wildman–Crippen LogP) is 0.374. The number of amides is 1. The monoisotopic (exact) mass is 392 g/mol. The second-order valence-corrected chi connectivity index (χ2v) is 5.88. The van der Waals surface area contributed by atoms with E-state index in [1.54, 1.807) is 22.8 Å². The van der Waals surface area contributed by atoms with Crippen LogP contribution in [0, 0.1) is 0 Å². The van der Waals surface area contributed by atoms with E-state index < -0.39 is 5.91 Å². The molecule has 2 aromatic rings. The van der Waals surface area contributed by atoms with Crippen LogP contribution in [0.1, 0.15) is 10.5 Å². The molecule has 0 radical (unpaired) electrons. The van der Waals surface area contributed by atoms with E-state index in [1.165, 1.54) is 6.33 Å². The number of aromatic nitrogens is 2. The van der Waals surface area contributed by atoms with Crippen molar-refractivity contribution in [3.63, 3.8) is 0 Å². The molecule has 0 saturated heterocycles. The maximum Gasteiger partial charge on any atom is 0.271 e. The highest BCUT2D eigenvalue weighted by molar-refractivity contribution is 5.95. The molecule has 0 saturated carbocycles. The zero-order valence-electron chi connectivity index (χ0n) is 15.5. The highest BCUT2D eigenvalue weighted by Gasteiger charge is 2.15. The molecule has 0 atom stereocenters. The van der Waals surface area contributed by atoms with Crippen LogP contribution in [0.3, 0.4) is 0 Å². The molecule has 28 heavy (non-hydrogen) atoms. The SMILES string of the molecule is NC(=O)c1ncn(-c2ccc3c(c2)OCCOCCOCCOCCO3)c1N. The summed E-state index contributed by atoms with van der Waals surface area (Å²) in [6.45, 7) is 3.53. The number of hydrogen-bond donors (Lipinski definition) is 2. The summed E-state index contributed by atoms with van der Waals surface area (Å²) in [4.78, 5) is 15.3. The zero-order chi connectivity index (χ0) is 19.8. The van der Waals surface area contributed by atoms with E-state index in [9.17, 15) is 4.79 Å². The Labute approximate surface area is 162 Å². The van der Waals surface area contributed by atoms with Gasteiger partial charge in [-0.2, -0.15) is 0 Å². The highest BCUT2D eigenvalue weighted by atomic mass is 16.6. The number of imidazole rings is 1. The summed E-state index contributed by atoms with van der Waals surface area (Å²) in [5.74, 6) is 0.543. The molecule has 0 fully saturated rings. The normalized spacial score (nSPS) is 16.7. The molecule has 152 valence electrons. The molecule has 1 amide bonds. The quantitative estimate of drug-likeness (QED) is 0.749. The van der Waals surface area contributed by atoms with Crippen molar-refractivity contribution in [2.24, 2.45) is 5.73 Å². The van der Waals surface area contributed by atoms with Gasteiger partial charge in [0.15, 0.2) is 17.2 Å². The van der Waals surface area contributed by atoms with Crippen molar-refractivity contribution < 1.29 is 28.5 Å². The van der Waals surface area contributed by atoms with Crippen molar-refractivity contribution in [2.75, 3.05) is 58.6 Å². The third-order valence-electron chi connectivity index (χ3n) is 3.96. The summed E-state index contributed by atoms with van der Waals surface area (Å²) in [6, 6.07) is 5.29. The number of fused-ring (bicyclic) bond motifs is 1. The summed E-state index contributed by atoms with van der Waals surface area (Å²) < 4.78 is 29.4. The van der Waals surface area contributed by atoms with E-state index in [2.05, 4.69) is 4.98 Å². The molecular weight excluding hydrogens is 368 g/mol. The Kier molecular flexibility index (Phi) is 7.06. The first kappa shape index (κ1) is 19.9. The fraction of sp³-hybridized carbons (Fsp3) is 0.444. The van der Waals surface area contributed by atoms with Gasteiger partial charge in [0.2, 0.25) is 0 Å². The first-order valence-corrected chi connectivity index (χ1v) is 8.92. The Morgan fingerprint density at radius 3 is 2.04 bits per heavy atom. The number of hydrogen-bond acceptors (Lipinski definition) is 8. The molecule has 10 heteroatoms. The highest BCUT2D eigenvalue weighted by Crippen LogP contribution is 2.31. The Morgan fingerprint density at radius 2 is 1.46 bits per heavy atom. The molecule has 0 bridgehead atoms. The van der Waals surface area contributed by atoms with Crippen LogP contribution in [0.4, 0.5) is 5.82 Å². The van der Waals surface area contributed by atoms with E-state index in [4.69, 9.17) is 35.2 Å². The molecule has 10 nitrogen and oxygen atoms in total. The Morgan fingerprint density at radius 1 is 0.893 bits per heavy atom. The van der Waals surface area contributed by atoms with Crippen molar-refractivity contribution in [1.29, 1.82) is 0 Å². The Hall–Kier alpha value is -2.82. The Balaban J connectivity index is 1.79. The van der Waals surface area contributed by atoms with Crippen LogP contribution in [-0.4, -0.2) is 68.3 Å². The molecule has 2 heterocycles. The molecule has 1 aromatic carbocycles. The number of nitrogens with zero attached hydrogens (tertiary/aromatic N) is 2. The van der Waals surface area contributed by atoms with Gasteiger partial charge in [-0.25, -0.2) is 4.98 Å². The lowest BCUT2D eigenvalue weighted by Crippen LogP contribution is -2.14. The van der Waals surface area contributed by atoms with Crippen LogP contribution < -0.4 is 20.9 Å². The van der Waals surface area contributed by atoms with Crippen LogP contribution in [0.5, 0.6) is 11.5 Å². The third kappa shape index (κ3) is 5.12. The average Bonchev–Trinajstić information content (AvgIpc) is 3.06. The lowest BCUT2D eigenvalue weighted by Gasteiger charge is -2.15. The van der Waals surface area contributed by atoms with Crippen molar-refractivity contribution in [3.05, 3.63) is 30.2 Å². The summed E-state index contributed by atoms with van der Waals surface area (Å²) in [5.41, 5.74) is 11.9. The molecule has 0 aliphatic carbocycles. The Bertz CT molecular complexity index is 794. The minimum Gasteiger partial charge on any atom is -0.487 e. The van der Waals surface area contributed by atoms with Gasteiger partial charge in [0.05, 0.1) is 45.3 Å². The number of carbonyl (C=O) groups is 1. The minimum absolute atomic E-state index is 0.0149. The second kappa shape index (κ2) is 9.93. The number of nitrogens with two attached hydrogens (primary N) is 2. The molecule has 1 aliphatic rings. The van der Waals surface area contributed by atoms with E-state index in [1.807, 2.05) is 0 Å². The van der Waals surface area contributed by atoms with Gasteiger partial charge in [0.1, 0.15) is 25.4 Å². The van der Waals surface area contributed by atoms with Gasteiger partial charge in [0, 0.05) is 6.07 Å². The standard InChI is InChI=1S/C18H24N4O6/c19-17-16(18(20)23)21-12-22(17)13-1-2-14-15(11-13)28-10-8-26-6-4-24-3-5-25-7-9-27-14/h1-2,11-12H,3-10,19H2,(H2,20,23). The smallest absolute Gasteiger partial charge is 0.271 e. The molecule has 1 aromatic heterocycles. The maximum atomic E-state index is 11.4. The van der Waals surface area contributed by atoms with Crippen LogP contribution in [0.15, 0.2) is 24.5 Å². The van der Waals surface area contributed by atoms with Gasteiger partial charge in [0.25, 0.3) is 5.91 Å². The topological polar surface area (TPSA) is 133 Å². The van der Waals surface area contributed by atoms with Gasteiger partial charge in [-0.1, -0.05) is 0 Å². The first-order chi connectivity index (χ1) is 13.7. The fourth-order valence-corrected chi connectivity index (χ4v) is 2.60. The van der Waals surface area contributed by atoms with Gasteiger partial charge in [-0.05, 0) is 12.1 Å². The fourth-order valence-electron chi connectivity index (χ4n) is 2.60. The third-order valence-corrected chi connectivity index (χ3v) is 3.96. The second-order valence-electron chi connectivity index (χ2n) is 5.88. The maximum absolute atomic E-state index is 11.4. The molecule has 0 spiro atoms. The van der Waals surface area contributed by atoms with E-state index in [0.29, 0.717) is 70.0 Å². The summed E-state index contributed by atoms with van der Waals surface area (Å²) >= 11 is 0. The minimum atomic E-state index is -0.689. The summed E-state index contributed by atoms with van der Waals surface area (Å²) in [5, 5.41) is 0. The lowest BCUT2D eigenvalue weighted by molar-refractivity contribution is 0.00708. The van der Waals surface area contributed by atoms with Crippen LogP contribution in [-0.2, 0) is 14.2 Å². The molecule has 0 unspecified atom stereocenters. The van der Waals surface area contributed by atoms with Gasteiger partial charge >= 0.3 is 0 Å². The van der Waals surface area contributed by atoms with E-state index in [0.717, 1.165) is 0 Å². The molecule has 1 aliphatic heterocycles. The number of anilines is 1. The number of rotatable bonds is 2. The summed E-state index contributed by atoms with van der Waals surface area (Å²) in [7, 11) is 0. The molecule has 4 N–H and O–H groups in total. The van der Waals surface area contributed by atoms with Crippen molar-refractivity contribution >= 4 is 11.7 Å². The number of benzene rings is 1. The van der Waals surface area contributed by atoms with Gasteiger partial charge in [-0.15, -0.1) is 0 Å². The van der Waals surface area contributed by atoms with Gasteiger partial charge in [-0.3, -0.25) is 9.36 Å². The summed E-state index contributed by atoms with van der Waals surface area (Å²) in [6.07, 6.45) is 1.43. The van der Waals surface area contributed by atoms with Crippen molar-refractivity contribution in [1.82, 2.24) is 9.55 Å². The van der Waals surface area contributed by atoms with Crippen molar-refractivity contribution in [2.45, 2.75) is 0 Å². The number of ether oxygens (including phenoxy) is 5. The molecule has 3 rings (SSSR count). The van der Waals surface area contributed by atoms with Crippen LogP contribution >= 0.6 is 0 Å². The van der Waals surface area contributed by atoms with Crippen molar-refractivity contribution in [3.8, 4) is 17.2 Å². The number of primary amides is 1. The number of carbonyl (C=O) groups excluding carboxylic acids is 1. The zero-order valence-corrected chi connectivity index (χ0v) is 15.5. The van der Waals surface area contributed by atoms with E-state index in [-0.39, 0.29) is 11.5 Å².